The van der Waals surface area contributed by atoms with Crippen molar-refractivity contribution in [2.45, 2.75) is 88.7 Å². The molecular weight excluding hydrogens is 414 g/mol. The largest absolute Gasteiger partial charge is 0.352 e. The van der Waals surface area contributed by atoms with Crippen LogP contribution in [0.25, 0.3) is 0 Å². The maximum atomic E-state index is 13.5. The summed E-state index contributed by atoms with van der Waals surface area (Å²) in [6, 6.07) is 4.46. The highest BCUT2D eigenvalue weighted by Gasteiger charge is 2.41. The van der Waals surface area contributed by atoms with Gasteiger partial charge >= 0.3 is 0 Å². The quantitative estimate of drug-likeness (QED) is 0.769. The van der Waals surface area contributed by atoms with E-state index in [0.717, 1.165) is 30.5 Å². The average molecular weight is 448 g/mol. The standard InChI is InChI=1S/C23H33N3O4S/c1-15-7-4-5-8-20(15)24-23(28)22-9-6-12-25(22)31(29,30)19-10-11-21-18(14-19)13-16(2)26(21)17(3)27/h10-11,14-16,20,22H,4-9,12-13H2,1-3H3,(H,24,28). The van der Waals surface area contributed by atoms with Crippen molar-refractivity contribution < 1.29 is 18.0 Å². The Labute approximate surface area is 185 Å². The van der Waals surface area contributed by atoms with Crippen molar-refractivity contribution in [2.24, 2.45) is 5.92 Å². The number of fused-ring (bicyclic) bond motifs is 1. The Hall–Kier alpha value is -1.93. The van der Waals surface area contributed by atoms with Gasteiger partial charge in [-0.25, -0.2) is 8.42 Å². The van der Waals surface area contributed by atoms with Gasteiger partial charge in [-0.15, -0.1) is 0 Å². The third-order valence-corrected chi connectivity index (χ3v) is 9.06. The first-order valence-electron chi connectivity index (χ1n) is 11.4. The van der Waals surface area contributed by atoms with Crippen LogP contribution in [0, 0.1) is 5.92 Å². The van der Waals surface area contributed by atoms with Gasteiger partial charge in [0.25, 0.3) is 0 Å². The summed E-state index contributed by atoms with van der Waals surface area (Å²) < 4.78 is 28.3. The molecule has 1 aliphatic carbocycles. The normalized spacial score (nSPS) is 29.1. The summed E-state index contributed by atoms with van der Waals surface area (Å²) in [6.45, 7) is 6.00. The number of anilines is 1. The van der Waals surface area contributed by atoms with Crippen LogP contribution in [0.5, 0.6) is 0 Å². The van der Waals surface area contributed by atoms with Crippen LogP contribution in [0.15, 0.2) is 23.1 Å². The van der Waals surface area contributed by atoms with E-state index < -0.39 is 16.1 Å². The van der Waals surface area contributed by atoms with Crippen molar-refractivity contribution in [3.8, 4) is 0 Å². The number of nitrogens with one attached hydrogen (secondary N) is 1. The molecule has 1 N–H and O–H groups in total. The number of hydrogen-bond acceptors (Lipinski definition) is 4. The van der Waals surface area contributed by atoms with Crippen LogP contribution in [0.1, 0.15) is 64.9 Å². The van der Waals surface area contributed by atoms with E-state index in [1.165, 1.54) is 17.6 Å². The van der Waals surface area contributed by atoms with Crippen molar-refractivity contribution in [3.63, 3.8) is 0 Å². The molecule has 3 aliphatic rings. The van der Waals surface area contributed by atoms with Gasteiger partial charge in [0.1, 0.15) is 6.04 Å². The van der Waals surface area contributed by atoms with E-state index in [1.54, 1.807) is 23.1 Å². The third kappa shape index (κ3) is 4.12. The number of carbonyl (C=O) groups excluding carboxylic acids is 2. The van der Waals surface area contributed by atoms with Crippen LogP contribution in [0.3, 0.4) is 0 Å². The third-order valence-electron chi connectivity index (χ3n) is 7.16. The second-order valence-electron chi connectivity index (χ2n) is 9.38. The van der Waals surface area contributed by atoms with Crippen LogP contribution in [-0.4, -0.2) is 49.2 Å². The van der Waals surface area contributed by atoms with Gasteiger partial charge in [0.05, 0.1) is 4.90 Å². The summed E-state index contributed by atoms with van der Waals surface area (Å²) in [5.74, 6) is 0.208. The molecule has 31 heavy (non-hydrogen) atoms. The van der Waals surface area contributed by atoms with E-state index in [1.807, 2.05) is 6.92 Å². The van der Waals surface area contributed by atoms with Gasteiger partial charge in [0, 0.05) is 31.2 Å². The predicted octanol–water partition coefficient (Wildman–Crippen LogP) is 2.83. The van der Waals surface area contributed by atoms with Gasteiger partial charge in [-0.3, -0.25) is 9.59 Å². The van der Waals surface area contributed by atoms with Gasteiger partial charge in [-0.1, -0.05) is 19.8 Å². The molecule has 0 spiro atoms. The summed E-state index contributed by atoms with van der Waals surface area (Å²) in [5.41, 5.74) is 1.64. The van der Waals surface area contributed by atoms with Crippen LogP contribution in [-0.2, 0) is 26.0 Å². The topological polar surface area (TPSA) is 86.8 Å². The zero-order chi connectivity index (χ0) is 22.3. The van der Waals surface area contributed by atoms with Crippen molar-refractivity contribution in [1.82, 2.24) is 9.62 Å². The molecule has 1 aromatic rings. The Kier molecular flexibility index (Phi) is 6.14. The fraction of sp³-hybridized carbons (Fsp3) is 0.652. The minimum Gasteiger partial charge on any atom is -0.352 e. The second kappa shape index (κ2) is 8.54. The molecule has 1 saturated carbocycles. The summed E-state index contributed by atoms with van der Waals surface area (Å²) in [5, 5.41) is 3.14. The molecule has 4 rings (SSSR count). The minimum absolute atomic E-state index is 0.00764. The van der Waals surface area contributed by atoms with E-state index in [4.69, 9.17) is 0 Å². The van der Waals surface area contributed by atoms with Crippen LogP contribution in [0.4, 0.5) is 5.69 Å². The fourth-order valence-electron chi connectivity index (χ4n) is 5.48. The molecule has 2 aliphatic heterocycles. The Bertz CT molecular complexity index is 977. The Morgan fingerprint density at radius 3 is 2.52 bits per heavy atom. The molecular formula is C23H33N3O4S. The number of amides is 2. The SMILES string of the molecule is CC(=O)N1c2ccc(S(=O)(=O)N3CCCC3C(=O)NC3CCCCC3C)cc2CC1C. The van der Waals surface area contributed by atoms with Gasteiger partial charge in [0.15, 0.2) is 0 Å². The van der Waals surface area contributed by atoms with E-state index >= 15 is 0 Å². The van der Waals surface area contributed by atoms with Gasteiger partial charge in [0.2, 0.25) is 21.8 Å². The summed E-state index contributed by atoms with van der Waals surface area (Å²) in [6.07, 6.45) is 6.21. The first kappa shape index (κ1) is 22.3. The molecule has 0 bridgehead atoms. The molecule has 0 aromatic heterocycles. The van der Waals surface area contributed by atoms with Gasteiger partial charge < -0.3 is 10.2 Å². The molecule has 0 radical (unpaired) electrons. The molecule has 2 amide bonds. The van der Waals surface area contributed by atoms with E-state index in [9.17, 15) is 18.0 Å². The molecule has 7 nitrogen and oxygen atoms in total. The zero-order valence-electron chi connectivity index (χ0n) is 18.6. The van der Waals surface area contributed by atoms with Crippen LogP contribution in [0.2, 0.25) is 0 Å². The highest BCUT2D eigenvalue weighted by atomic mass is 32.2. The lowest BCUT2D eigenvalue weighted by Gasteiger charge is -2.32. The van der Waals surface area contributed by atoms with E-state index in [0.29, 0.717) is 31.7 Å². The summed E-state index contributed by atoms with van der Waals surface area (Å²) >= 11 is 0. The Morgan fingerprint density at radius 2 is 1.81 bits per heavy atom. The zero-order valence-corrected chi connectivity index (χ0v) is 19.5. The number of sulfonamides is 1. The maximum absolute atomic E-state index is 13.5. The first-order valence-corrected chi connectivity index (χ1v) is 12.9. The summed E-state index contributed by atoms with van der Waals surface area (Å²) in [7, 11) is -3.79. The molecule has 1 aromatic carbocycles. The van der Waals surface area contributed by atoms with E-state index in [-0.39, 0.29) is 28.8 Å². The van der Waals surface area contributed by atoms with E-state index in [2.05, 4.69) is 12.2 Å². The van der Waals surface area contributed by atoms with Gasteiger partial charge in [-0.05, 0) is 68.7 Å². The molecule has 2 heterocycles. The Morgan fingerprint density at radius 1 is 1.06 bits per heavy atom. The number of benzene rings is 1. The summed E-state index contributed by atoms with van der Waals surface area (Å²) in [4.78, 5) is 26.9. The number of nitrogens with zero attached hydrogens (tertiary/aromatic N) is 2. The highest BCUT2D eigenvalue weighted by Crippen LogP contribution is 2.36. The van der Waals surface area contributed by atoms with Crippen molar-refractivity contribution in [2.75, 3.05) is 11.4 Å². The van der Waals surface area contributed by atoms with Crippen molar-refractivity contribution >= 4 is 27.5 Å². The lowest BCUT2D eigenvalue weighted by atomic mass is 9.86. The van der Waals surface area contributed by atoms with Gasteiger partial charge in [-0.2, -0.15) is 4.31 Å². The minimum atomic E-state index is -3.79. The lowest BCUT2D eigenvalue weighted by Crippen LogP contribution is -2.50. The molecule has 8 heteroatoms. The smallest absolute Gasteiger partial charge is 0.243 e. The Balaban J connectivity index is 1.55. The maximum Gasteiger partial charge on any atom is 0.243 e. The monoisotopic (exact) mass is 447 g/mol. The molecule has 4 atom stereocenters. The van der Waals surface area contributed by atoms with Crippen LogP contribution < -0.4 is 10.2 Å². The number of rotatable bonds is 4. The first-order chi connectivity index (χ1) is 14.7. The molecule has 1 saturated heterocycles. The van der Waals surface area contributed by atoms with Crippen molar-refractivity contribution in [1.29, 1.82) is 0 Å². The average Bonchev–Trinajstić information content (AvgIpc) is 3.33. The molecule has 4 unspecified atom stereocenters. The highest BCUT2D eigenvalue weighted by molar-refractivity contribution is 7.89. The lowest BCUT2D eigenvalue weighted by molar-refractivity contribution is -0.125. The number of carbonyl (C=O) groups is 2. The predicted molar refractivity (Wildman–Crippen MR) is 119 cm³/mol. The second-order valence-corrected chi connectivity index (χ2v) is 11.3. The molecule has 2 fully saturated rings. The number of hydrogen-bond donors (Lipinski definition) is 1. The molecule has 170 valence electrons. The van der Waals surface area contributed by atoms with Crippen molar-refractivity contribution in [3.05, 3.63) is 23.8 Å². The fourth-order valence-corrected chi connectivity index (χ4v) is 7.19. The van der Waals surface area contributed by atoms with Crippen LogP contribution >= 0.6 is 0 Å².